The van der Waals surface area contributed by atoms with Gasteiger partial charge in [-0.15, -0.1) is 6.58 Å². The van der Waals surface area contributed by atoms with E-state index in [1.165, 1.54) is 0 Å². The number of nitrogens with zero attached hydrogens (tertiary/aromatic N) is 2. The third-order valence-electron chi connectivity index (χ3n) is 5.85. The summed E-state index contributed by atoms with van der Waals surface area (Å²) < 4.78 is 14.6. The Hall–Kier alpha value is -3.58. The van der Waals surface area contributed by atoms with E-state index in [1.807, 2.05) is 60.7 Å². The van der Waals surface area contributed by atoms with Crippen LogP contribution in [0, 0.1) is 0 Å². The van der Waals surface area contributed by atoms with Crippen molar-refractivity contribution in [2.45, 2.75) is 25.8 Å². The number of allylic oxidation sites excluding steroid dienone is 1. The maximum absolute atomic E-state index is 12.5. The molecule has 0 aliphatic rings. The molecule has 0 fully saturated rings. The van der Waals surface area contributed by atoms with Gasteiger partial charge in [0.15, 0.2) is 11.5 Å². The van der Waals surface area contributed by atoms with E-state index in [2.05, 4.69) is 38.5 Å². The van der Waals surface area contributed by atoms with E-state index in [-0.39, 0.29) is 5.91 Å². The summed E-state index contributed by atoms with van der Waals surface area (Å²) in [4.78, 5) is 17.3. The maximum Gasteiger partial charge on any atom is 0.251 e. The van der Waals surface area contributed by atoms with Crippen molar-refractivity contribution in [2.75, 3.05) is 20.3 Å². The number of para-hydroxylation sites is 2. The summed E-state index contributed by atoms with van der Waals surface area (Å²) in [6.45, 7) is 5.59. The molecule has 36 heavy (non-hydrogen) atoms. The second-order valence-electron chi connectivity index (χ2n) is 8.36. The number of carbonyl (C=O) groups is 1. The number of hydrogen-bond donors (Lipinski definition) is 1. The van der Waals surface area contributed by atoms with E-state index in [4.69, 9.17) is 14.5 Å². The van der Waals surface area contributed by atoms with E-state index < -0.39 is 0 Å². The van der Waals surface area contributed by atoms with Crippen molar-refractivity contribution in [3.05, 3.63) is 101 Å². The molecule has 1 N–H and O–H groups in total. The van der Waals surface area contributed by atoms with Gasteiger partial charge in [-0.05, 0) is 60.9 Å². The fourth-order valence-electron chi connectivity index (χ4n) is 4.12. The number of ether oxygens (including phenoxy) is 2. The van der Waals surface area contributed by atoms with Gasteiger partial charge in [-0.2, -0.15) is 0 Å². The largest absolute Gasteiger partial charge is 0.493 e. The number of benzene rings is 3. The zero-order chi connectivity index (χ0) is 25.3. The van der Waals surface area contributed by atoms with Crippen molar-refractivity contribution in [1.29, 1.82) is 0 Å². The molecule has 1 amide bonds. The van der Waals surface area contributed by atoms with Crippen molar-refractivity contribution in [2.24, 2.45) is 0 Å². The number of imidazole rings is 1. The molecule has 0 spiro atoms. The van der Waals surface area contributed by atoms with E-state index in [1.54, 1.807) is 13.2 Å². The highest BCUT2D eigenvalue weighted by Crippen LogP contribution is 2.28. The number of rotatable bonds is 12. The summed E-state index contributed by atoms with van der Waals surface area (Å²) in [6.07, 6.45) is 4.09. The van der Waals surface area contributed by atoms with Crippen molar-refractivity contribution >= 4 is 32.9 Å². The van der Waals surface area contributed by atoms with E-state index in [0.29, 0.717) is 25.1 Å². The Morgan fingerprint density at radius 2 is 1.97 bits per heavy atom. The monoisotopic (exact) mass is 547 g/mol. The van der Waals surface area contributed by atoms with Crippen molar-refractivity contribution < 1.29 is 14.3 Å². The number of aromatic nitrogens is 2. The van der Waals surface area contributed by atoms with Gasteiger partial charge in [0.2, 0.25) is 0 Å². The second kappa shape index (κ2) is 12.4. The zero-order valence-electron chi connectivity index (χ0n) is 20.4. The van der Waals surface area contributed by atoms with Crippen molar-refractivity contribution in [3.63, 3.8) is 0 Å². The van der Waals surface area contributed by atoms with Crippen LogP contribution >= 0.6 is 15.9 Å². The quantitative estimate of drug-likeness (QED) is 0.175. The molecule has 0 saturated heterocycles. The first-order valence-corrected chi connectivity index (χ1v) is 12.8. The predicted octanol–water partition coefficient (Wildman–Crippen LogP) is 5.98. The first-order chi connectivity index (χ1) is 17.6. The Balaban J connectivity index is 1.38. The molecular weight excluding hydrogens is 518 g/mol. The average molecular weight is 548 g/mol. The normalized spacial score (nSPS) is 10.8. The molecule has 0 bridgehead atoms. The number of methoxy groups -OCH3 is 1. The molecule has 7 heteroatoms. The molecule has 4 aromatic rings. The Labute approximate surface area is 220 Å². The Morgan fingerprint density at radius 1 is 1.11 bits per heavy atom. The zero-order valence-corrected chi connectivity index (χ0v) is 22.0. The molecule has 1 heterocycles. The van der Waals surface area contributed by atoms with Gasteiger partial charge in [0.05, 0.1) is 24.8 Å². The highest BCUT2D eigenvalue weighted by molar-refractivity contribution is 9.10. The summed E-state index contributed by atoms with van der Waals surface area (Å²) in [5.41, 5.74) is 3.79. The highest BCUT2D eigenvalue weighted by atomic mass is 79.9. The van der Waals surface area contributed by atoms with Crippen LogP contribution in [0.5, 0.6) is 11.5 Å². The molecule has 4 rings (SSSR count). The van der Waals surface area contributed by atoms with Gasteiger partial charge >= 0.3 is 0 Å². The van der Waals surface area contributed by atoms with Crippen LogP contribution in [0.25, 0.3) is 11.0 Å². The maximum atomic E-state index is 12.5. The van der Waals surface area contributed by atoms with Crippen molar-refractivity contribution in [3.8, 4) is 11.5 Å². The number of hydrogen-bond acceptors (Lipinski definition) is 4. The fourth-order valence-corrected chi connectivity index (χ4v) is 4.51. The number of fused-ring (bicyclic) bond motifs is 1. The molecule has 1 aromatic heterocycles. The number of amides is 1. The van der Waals surface area contributed by atoms with Crippen LogP contribution < -0.4 is 14.8 Å². The first-order valence-electron chi connectivity index (χ1n) is 12.0. The third-order valence-corrected chi connectivity index (χ3v) is 6.34. The van der Waals surface area contributed by atoms with Crippen LogP contribution in [-0.4, -0.2) is 35.7 Å². The van der Waals surface area contributed by atoms with E-state index >= 15 is 0 Å². The molecule has 3 aromatic carbocycles. The Kier molecular flexibility index (Phi) is 8.79. The lowest BCUT2D eigenvalue weighted by Crippen LogP contribution is -2.26. The minimum absolute atomic E-state index is 0.0968. The van der Waals surface area contributed by atoms with Gasteiger partial charge in [0.1, 0.15) is 5.82 Å². The third kappa shape index (κ3) is 6.34. The van der Waals surface area contributed by atoms with Crippen LogP contribution in [0.1, 0.15) is 28.2 Å². The van der Waals surface area contributed by atoms with Crippen LogP contribution in [0.3, 0.4) is 0 Å². The van der Waals surface area contributed by atoms with Crippen LogP contribution in [0.15, 0.2) is 83.9 Å². The lowest BCUT2D eigenvalue weighted by Gasteiger charge is -2.13. The number of carbonyl (C=O) groups excluding carboxylic acids is 1. The summed E-state index contributed by atoms with van der Waals surface area (Å²) in [7, 11) is 1.65. The predicted molar refractivity (Wildman–Crippen MR) is 147 cm³/mol. The summed E-state index contributed by atoms with van der Waals surface area (Å²) >= 11 is 3.41. The van der Waals surface area contributed by atoms with Gasteiger partial charge in [0.25, 0.3) is 5.91 Å². The molecule has 0 saturated carbocycles. The fraction of sp³-hybridized carbons (Fsp3) is 0.241. The van der Waals surface area contributed by atoms with E-state index in [9.17, 15) is 4.79 Å². The smallest absolute Gasteiger partial charge is 0.251 e. The van der Waals surface area contributed by atoms with E-state index in [0.717, 1.165) is 57.8 Å². The SMILES string of the molecule is C=CCc1ccc(OCCCn2c(CCNC(=O)c3cccc(Br)c3)nc3ccccc32)c(OC)c1. The lowest BCUT2D eigenvalue weighted by molar-refractivity contribution is 0.0954. The minimum Gasteiger partial charge on any atom is -0.493 e. The minimum atomic E-state index is -0.0968. The van der Waals surface area contributed by atoms with Gasteiger partial charge in [-0.3, -0.25) is 4.79 Å². The first kappa shape index (κ1) is 25.5. The topological polar surface area (TPSA) is 65.4 Å². The number of halogens is 1. The number of nitrogens with one attached hydrogen (secondary N) is 1. The molecule has 186 valence electrons. The molecule has 0 aliphatic heterocycles. The molecule has 0 aliphatic carbocycles. The Morgan fingerprint density at radius 3 is 2.78 bits per heavy atom. The average Bonchev–Trinajstić information content (AvgIpc) is 3.24. The summed E-state index contributed by atoms with van der Waals surface area (Å²) in [6, 6.07) is 21.4. The highest BCUT2D eigenvalue weighted by Gasteiger charge is 2.12. The van der Waals surface area contributed by atoms with Gasteiger partial charge in [-0.1, -0.05) is 46.3 Å². The van der Waals surface area contributed by atoms with Crippen LogP contribution in [0.2, 0.25) is 0 Å². The number of aryl methyl sites for hydroxylation is 1. The molecule has 0 unspecified atom stereocenters. The Bertz CT molecular complexity index is 1350. The van der Waals surface area contributed by atoms with Crippen LogP contribution in [0.4, 0.5) is 0 Å². The van der Waals surface area contributed by atoms with Crippen molar-refractivity contribution in [1.82, 2.24) is 14.9 Å². The molecule has 0 radical (unpaired) electrons. The summed E-state index contributed by atoms with van der Waals surface area (Å²) in [5, 5.41) is 3.00. The lowest BCUT2D eigenvalue weighted by atomic mass is 10.1. The summed E-state index contributed by atoms with van der Waals surface area (Å²) in [5.74, 6) is 2.30. The van der Waals surface area contributed by atoms with Gasteiger partial charge < -0.3 is 19.4 Å². The standard InChI is InChI=1S/C29H30BrN3O3/c1-3-8-21-13-14-26(27(19-21)35-2)36-18-7-17-33-25-12-5-4-11-24(25)32-28(33)15-16-31-29(34)22-9-6-10-23(30)20-22/h3-6,9-14,19-20H,1,7-8,15-18H2,2H3,(H,31,34). The second-order valence-corrected chi connectivity index (χ2v) is 9.28. The molecular formula is C29H30BrN3O3. The molecule has 0 atom stereocenters. The molecule has 6 nitrogen and oxygen atoms in total. The van der Waals surface area contributed by atoms with Crippen LogP contribution in [-0.2, 0) is 19.4 Å². The van der Waals surface area contributed by atoms with Gasteiger partial charge in [-0.25, -0.2) is 4.98 Å². The van der Waals surface area contributed by atoms with Gasteiger partial charge in [0, 0.05) is 29.5 Å².